The molecule has 62 valence electrons. The van der Waals surface area contributed by atoms with Crippen molar-refractivity contribution in [3.05, 3.63) is 28.4 Å². The minimum atomic E-state index is -0.333. The van der Waals surface area contributed by atoms with Gasteiger partial charge in [0.05, 0.1) is 5.02 Å². The fourth-order valence-corrected chi connectivity index (χ4v) is 2.29. The van der Waals surface area contributed by atoms with E-state index < -0.39 is 0 Å². The number of hydrogen-bond acceptors (Lipinski definition) is 2. The third kappa shape index (κ3) is 1.06. The molecular weight excluding hydrogens is 199 g/mol. The van der Waals surface area contributed by atoms with Crippen LogP contribution in [0.1, 0.15) is 0 Å². The van der Waals surface area contributed by atoms with E-state index in [1.165, 1.54) is 28.8 Å². The summed E-state index contributed by atoms with van der Waals surface area (Å²) in [6.45, 7) is 0. The second-order valence-corrected chi connectivity index (χ2v) is 3.70. The second-order valence-electron chi connectivity index (χ2n) is 2.38. The molecule has 1 nitrogen and oxygen atoms in total. The van der Waals surface area contributed by atoms with Gasteiger partial charge in [-0.2, -0.15) is 0 Å². The summed E-state index contributed by atoms with van der Waals surface area (Å²) in [6, 6.07) is 2.83. The van der Waals surface area contributed by atoms with Crippen LogP contribution in [0, 0.1) is 5.82 Å². The maximum absolute atomic E-state index is 13.0. The fourth-order valence-electron chi connectivity index (χ4n) is 1.07. The Kier molecular flexibility index (Phi) is 1.70. The number of phenolic OH excluding ortho intramolecular Hbond substituents is 1. The van der Waals surface area contributed by atoms with Crippen molar-refractivity contribution in [2.75, 3.05) is 0 Å². The van der Waals surface area contributed by atoms with Gasteiger partial charge in [0, 0.05) is 15.5 Å². The van der Waals surface area contributed by atoms with Gasteiger partial charge in [0.1, 0.15) is 11.6 Å². The second kappa shape index (κ2) is 2.61. The lowest BCUT2D eigenvalue weighted by molar-refractivity contribution is 0.476. The first-order chi connectivity index (χ1) is 5.68. The van der Waals surface area contributed by atoms with Crippen molar-refractivity contribution >= 4 is 33.0 Å². The highest BCUT2D eigenvalue weighted by molar-refractivity contribution is 7.17. The number of aromatic hydroxyl groups is 1. The molecule has 0 aliphatic rings. The van der Waals surface area contributed by atoms with E-state index in [2.05, 4.69) is 0 Å². The van der Waals surface area contributed by atoms with Crippen LogP contribution in [0.25, 0.3) is 10.1 Å². The average molecular weight is 203 g/mol. The van der Waals surface area contributed by atoms with E-state index in [0.29, 0.717) is 10.1 Å². The van der Waals surface area contributed by atoms with Crippen molar-refractivity contribution in [3.63, 3.8) is 0 Å². The zero-order chi connectivity index (χ0) is 8.72. The van der Waals surface area contributed by atoms with Gasteiger partial charge in [-0.15, -0.1) is 11.3 Å². The van der Waals surface area contributed by atoms with Crippen LogP contribution in [0.15, 0.2) is 17.5 Å². The molecule has 1 N–H and O–H groups in total. The number of fused-ring (bicyclic) bond motifs is 1. The Hall–Kier alpha value is -0.800. The predicted molar refractivity (Wildman–Crippen MR) is 48.5 cm³/mol. The van der Waals surface area contributed by atoms with E-state index in [4.69, 9.17) is 16.7 Å². The van der Waals surface area contributed by atoms with Crippen molar-refractivity contribution in [3.8, 4) is 5.75 Å². The van der Waals surface area contributed by atoms with Crippen molar-refractivity contribution in [1.29, 1.82) is 0 Å². The van der Waals surface area contributed by atoms with Gasteiger partial charge in [-0.25, -0.2) is 4.39 Å². The predicted octanol–water partition coefficient (Wildman–Crippen LogP) is 3.40. The molecule has 12 heavy (non-hydrogen) atoms. The van der Waals surface area contributed by atoms with Crippen molar-refractivity contribution in [2.45, 2.75) is 0 Å². The van der Waals surface area contributed by atoms with Crippen LogP contribution in [0.3, 0.4) is 0 Å². The van der Waals surface area contributed by atoms with Gasteiger partial charge in [0.25, 0.3) is 0 Å². The molecule has 0 aliphatic carbocycles. The van der Waals surface area contributed by atoms with Crippen molar-refractivity contribution in [1.82, 2.24) is 0 Å². The Bertz CT molecular complexity index is 438. The molecule has 0 bridgehead atoms. The molecule has 0 spiro atoms. The summed E-state index contributed by atoms with van der Waals surface area (Å²) in [5, 5.41) is 11.1. The highest BCUT2D eigenvalue weighted by Crippen LogP contribution is 2.34. The Morgan fingerprint density at radius 3 is 2.92 bits per heavy atom. The SMILES string of the molecule is Oc1cc(Cl)c2c(F)csc2c1. The molecule has 0 saturated heterocycles. The van der Waals surface area contributed by atoms with Gasteiger partial charge in [0.15, 0.2) is 0 Å². The van der Waals surface area contributed by atoms with Crippen molar-refractivity contribution in [2.24, 2.45) is 0 Å². The molecule has 1 aromatic carbocycles. The van der Waals surface area contributed by atoms with Crippen LogP contribution in [0.2, 0.25) is 5.02 Å². The van der Waals surface area contributed by atoms with Crippen molar-refractivity contribution < 1.29 is 9.50 Å². The maximum Gasteiger partial charge on any atom is 0.143 e. The lowest BCUT2D eigenvalue weighted by atomic mass is 10.2. The molecule has 2 aromatic rings. The zero-order valence-electron chi connectivity index (χ0n) is 5.84. The van der Waals surface area contributed by atoms with Gasteiger partial charge >= 0.3 is 0 Å². The highest BCUT2D eigenvalue weighted by atomic mass is 35.5. The van der Waals surface area contributed by atoms with Crippen LogP contribution in [0.4, 0.5) is 4.39 Å². The van der Waals surface area contributed by atoms with Gasteiger partial charge < -0.3 is 5.11 Å². The van der Waals surface area contributed by atoms with E-state index in [1.54, 1.807) is 0 Å². The zero-order valence-corrected chi connectivity index (χ0v) is 7.42. The van der Waals surface area contributed by atoms with Crippen LogP contribution in [-0.2, 0) is 0 Å². The van der Waals surface area contributed by atoms with Gasteiger partial charge in [-0.3, -0.25) is 0 Å². The summed E-state index contributed by atoms with van der Waals surface area (Å²) >= 11 is 6.94. The van der Waals surface area contributed by atoms with Gasteiger partial charge in [-0.05, 0) is 12.1 Å². The van der Waals surface area contributed by atoms with Crippen LogP contribution in [0.5, 0.6) is 5.75 Å². The Balaban J connectivity index is 2.93. The third-order valence-corrected chi connectivity index (χ3v) is 2.77. The highest BCUT2D eigenvalue weighted by Gasteiger charge is 2.08. The van der Waals surface area contributed by atoms with Gasteiger partial charge in [0.2, 0.25) is 0 Å². The Morgan fingerprint density at radius 2 is 2.17 bits per heavy atom. The minimum absolute atomic E-state index is 0.0642. The number of benzene rings is 1. The van der Waals surface area contributed by atoms with E-state index in [1.807, 2.05) is 0 Å². The molecule has 0 radical (unpaired) electrons. The first-order valence-electron chi connectivity index (χ1n) is 3.23. The molecule has 2 rings (SSSR count). The molecular formula is C8H4ClFOS. The average Bonchev–Trinajstić information content (AvgIpc) is 2.31. The fraction of sp³-hybridized carbons (Fsp3) is 0. The van der Waals surface area contributed by atoms with E-state index >= 15 is 0 Å². The number of halogens is 2. The maximum atomic E-state index is 13.0. The lowest BCUT2D eigenvalue weighted by Crippen LogP contribution is -1.71. The normalized spacial score (nSPS) is 10.8. The number of phenols is 1. The first kappa shape index (κ1) is 7.83. The summed E-state index contributed by atoms with van der Waals surface area (Å²) in [5.74, 6) is -0.269. The molecule has 0 unspecified atom stereocenters. The number of hydrogen-bond donors (Lipinski definition) is 1. The summed E-state index contributed by atoms with van der Waals surface area (Å²) in [6.07, 6.45) is 0. The van der Waals surface area contributed by atoms with Crippen LogP contribution >= 0.6 is 22.9 Å². The Labute approximate surface area is 77.0 Å². The third-order valence-electron chi connectivity index (χ3n) is 1.57. The topological polar surface area (TPSA) is 20.2 Å². The largest absolute Gasteiger partial charge is 0.508 e. The van der Waals surface area contributed by atoms with E-state index in [-0.39, 0.29) is 16.6 Å². The quantitative estimate of drug-likeness (QED) is 0.694. The number of rotatable bonds is 0. The molecule has 4 heteroatoms. The smallest absolute Gasteiger partial charge is 0.143 e. The molecule has 1 heterocycles. The van der Waals surface area contributed by atoms with Crippen LogP contribution in [-0.4, -0.2) is 5.11 Å². The molecule has 0 saturated carbocycles. The van der Waals surface area contributed by atoms with E-state index in [9.17, 15) is 4.39 Å². The van der Waals surface area contributed by atoms with Gasteiger partial charge in [-0.1, -0.05) is 11.6 Å². The summed E-state index contributed by atoms with van der Waals surface area (Å²) in [4.78, 5) is 0. The summed E-state index contributed by atoms with van der Waals surface area (Å²) in [5.41, 5.74) is 0. The molecule has 0 atom stereocenters. The molecule has 0 fully saturated rings. The summed E-state index contributed by atoms with van der Waals surface area (Å²) < 4.78 is 13.6. The first-order valence-corrected chi connectivity index (χ1v) is 4.49. The Morgan fingerprint density at radius 1 is 1.42 bits per heavy atom. The standard InChI is InChI=1S/C8H4ClFOS/c9-5-1-4(11)2-7-8(5)6(10)3-12-7/h1-3,11H. The molecule has 0 amide bonds. The number of thiophene rings is 1. The summed E-state index contributed by atoms with van der Waals surface area (Å²) in [7, 11) is 0. The van der Waals surface area contributed by atoms with E-state index in [0.717, 1.165) is 0 Å². The molecule has 1 aromatic heterocycles. The molecule has 0 aliphatic heterocycles. The van der Waals surface area contributed by atoms with Crippen LogP contribution < -0.4 is 0 Å². The lowest BCUT2D eigenvalue weighted by Gasteiger charge is -1.95. The monoisotopic (exact) mass is 202 g/mol. The minimum Gasteiger partial charge on any atom is -0.508 e.